The number of nitrogens with zero attached hydrogens (tertiary/aromatic N) is 1. The van der Waals surface area contributed by atoms with Crippen molar-refractivity contribution in [2.75, 3.05) is 19.7 Å². The second kappa shape index (κ2) is 4.82. The van der Waals surface area contributed by atoms with E-state index in [2.05, 4.69) is 21.8 Å². The quantitative estimate of drug-likeness (QED) is 0.873. The number of hydrazine groups is 1. The van der Waals surface area contributed by atoms with Crippen molar-refractivity contribution in [3.8, 4) is 5.75 Å². The molecule has 0 fully saturated rings. The van der Waals surface area contributed by atoms with E-state index >= 15 is 0 Å². The molecule has 5 heteroatoms. The Morgan fingerprint density at radius 3 is 2.89 bits per heavy atom. The average Bonchev–Trinajstić information content (AvgIpc) is 2.81. The van der Waals surface area contributed by atoms with Gasteiger partial charge in [0.1, 0.15) is 12.4 Å². The van der Waals surface area contributed by atoms with E-state index in [0.717, 1.165) is 30.2 Å². The lowest BCUT2D eigenvalue weighted by atomic mass is 10.3. The Hall–Kier alpha value is -1.81. The Kier molecular flexibility index (Phi) is 3.02. The van der Waals surface area contributed by atoms with Crippen LogP contribution < -0.4 is 15.5 Å². The van der Waals surface area contributed by atoms with Crippen molar-refractivity contribution in [2.45, 2.75) is 0 Å². The third-order valence-corrected chi connectivity index (χ3v) is 3.10. The van der Waals surface area contributed by atoms with E-state index in [9.17, 15) is 0 Å². The SMILES string of the molecule is Clc1ccc(OCC2=CC3=CNCCN3N2)cc1. The fourth-order valence-corrected chi connectivity index (χ4v) is 2.08. The molecule has 94 valence electrons. The molecule has 1 aromatic carbocycles. The van der Waals surface area contributed by atoms with Gasteiger partial charge in [-0.2, -0.15) is 0 Å². The highest BCUT2D eigenvalue weighted by Crippen LogP contribution is 2.19. The first-order chi connectivity index (χ1) is 8.81. The van der Waals surface area contributed by atoms with E-state index in [0.29, 0.717) is 11.6 Å². The van der Waals surface area contributed by atoms with Gasteiger partial charge >= 0.3 is 0 Å². The Balaban J connectivity index is 1.60. The van der Waals surface area contributed by atoms with Crippen LogP contribution in [0.25, 0.3) is 0 Å². The first-order valence-corrected chi connectivity index (χ1v) is 6.26. The molecule has 3 rings (SSSR count). The van der Waals surface area contributed by atoms with E-state index in [-0.39, 0.29) is 0 Å². The van der Waals surface area contributed by atoms with Gasteiger partial charge in [0.15, 0.2) is 0 Å². The molecule has 0 spiro atoms. The van der Waals surface area contributed by atoms with Crippen molar-refractivity contribution in [2.24, 2.45) is 0 Å². The molecule has 4 nitrogen and oxygen atoms in total. The van der Waals surface area contributed by atoms with Crippen molar-refractivity contribution in [3.63, 3.8) is 0 Å². The molecule has 0 amide bonds. The van der Waals surface area contributed by atoms with Gasteiger partial charge in [-0.3, -0.25) is 10.4 Å². The maximum Gasteiger partial charge on any atom is 0.130 e. The molecule has 1 aromatic rings. The summed E-state index contributed by atoms with van der Waals surface area (Å²) in [5.74, 6) is 0.819. The number of fused-ring (bicyclic) bond motifs is 1. The van der Waals surface area contributed by atoms with Crippen molar-refractivity contribution in [1.82, 2.24) is 15.8 Å². The summed E-state index contributed by atoms with van der Waals surface area (Å²) in [7, 11) is 0. The van der Waals surface area contributed by atoms with Crippen LogP contribution >= 0.6 is 11.6 Å². The van der Waals surface area contributed by atoms with Crippen LogP contribution in [0.4, 0.5) is 0 Å². The average molecular weight is 264 g/mol. The molecular formula is C13H14ClN3O. The molecule has 0 saturated carbocycles. The summed E-state index contributed by atoms with van der Waals surface area (Å²) in [5, 5.41) is 6.04. The predicted octanol–water partition coefficient (Wildman–Crippen LogP) is 1.87. The summed E-state index contributed by atoms with van der Waals surface area (Å²) >= 11 is 5.82. The maximum absolute atomic E-state index is 5.82. The van der Waals surface area contributed by atoms with Gasteiger partial charge in [-0.25, -0.2) is 0 Å². The van der Waals surface area contributed by atoms with Crippen LogP contribution in [0, 0.1) is 0 Å². The molecule has 0 aromatic heterocycles. The highest BCUT2D eigenvalue weighted by molar-refractivity contribution is 6.30. The van der Waals surface area contributed by atoms with E-state index in [1.165, 1.54) is 0 Å². The summed E-state index contributed by atoms with van der Waals surface area (Å²) in [6.07, 6.45) is 4.09. The number of halogens is 1. The van der Waals surface area contributed by atoms with Crippen molar-refractivity contribution >= 4 is 11.6 Å². The molecule has 0 aliphatic carbocycles. The van der Waals surface area contributed by atoms with Gasteiger partial charge in [0, 0.05) is 17.8 Å². The fraction of sp³-hybridized carbons (Fsp3) is 0.231. The molecule has 18 heavy (non-hydrogen) atoms. The van der Waals surface area contributed by atoms with Gasteiger partial charge < -0.3 is 10.1 Å². The molecule has 2 N–H and O–H groups in total. The lowest BCUT2D eigenvalue weighted by Gasteiger charge is -2.25. The van der Waals surface area contributed by atoms with Crippen LogP contribution in [0.1, 0.15) is 0 Å². The highest BCUT2D eigenvalue weighted by atomic mass is 35.5. The molecule has 0 atom stereocenters. The second-order valence-electron chi connectivity index (χ2n) is 4.20. The smallest absolute Gasteiger partial charge is 0.130 e. The zero-order valence-electron chi connectivity index (χ0n) is 9.82. The zero-order chi connectivity index (χ0) is 12.4. The van der Waals surface area contributed by atoms with Crippen LogP contribution in [0.5, 0.6) is 5.75 Å². The summed E-state index contributed by atoms with van der Waals surface area (Å²) < 4.78 is 5.69. The van der Waals surface area contributed by atoms with Crippen molar-refractivity contribution < 1.29 is 4.74 Å². The molecule has 2 heterocycles. The first kappa shape index (κ1) is 11.3. The van der Waals surface area contributed by atoms with Gasteiger partial charge in [0.2, 0.25) is 0 Å². The lowest BCUT2D eigenvalue weighted by molar-refractivity contribution is 0.265. The third-order valence-electron chi connectivity index (χ3n) is 2.85. The molecule has 0 saturated heterocycles. The Morgan fingerprint density at radius 2 is 2.11 bits per heavy atom. The summed E-state index contributed by atoms with van der Waals surface area (Å²) in [4.78, 5) is 0. The predicted molar refractivity (Wildman–Crippen MR) is 71.0 cm³/mol. The summed E-state index contributed by atoms with van der Waals surface area (Å²) in [6.45, 7) is 2.43. The monoisotopic (exact) mass is 263 g/mol. The maximum atomic E-state index is 5.82. The summed E-state index contributed by atoms with van der Waals surface area (Å²) in [6, 6.07) is 7.38. The Morgan fingerprint density at radius 1 is 1.28 bits per heavy atom. The number of nitrogens with one attached hydrogen (secondary N) is 2. The van der Waals surface area contributed by atoms with E-state index in [4.69, 9.17) is 16.3 Å². The molecule has 0 bridgehead atoms. The van der Waals surface area contributed by atoms with Crippen molar-refractivity contribution in [3.05, 3.63) is 53.0 Å². The van der Waals surface area contributed by atoms with E-state index in [1.807, 2.05) is 30.5 Å². The Labute approximate surface area is 111 Å². The minimum absolute atomic E-state index is 0.523. The fourth-order valence-electron chi connectivity index (χ4n) is 1.95. The Bertz CT molecular complexity index is 495. The van der Waals surface area contributed by atoms with Crippen LogP contribution in [0.15, 0.2) is 47.9 Å². The van der Waals surface area contributed by atoms with Gasteiger partial charge in [-0.15, -0.1) is 0 Å². The van der Waals surface area contributed by atoms with Gasteiger partial charge in [-0.1, -0.05) is 11.6 Å². The molecule has 0 unspecified atom stereocenters. The number of rotatable bonds is 3. The minimum Gasteiger partial charge on any atom is -0.487 e. The lowest BCUT2D eigenvalue weighted by Crippen LogP contribution is -2.40. The highest BCUT2D eigenvalue weighted by Gasteiger charge is 2.19. The topological polar surface area (TPSA) is 36.5 Å². The molecule has 0 radical (unpaired) electrons. The van der Waals surface area contributed by atoms with E-state index < -0.39 is 0 Å². The first-order valence-electron chi connectivity index (χ1n) is 5.88. The number of allylic oxidation sites excluding steroid dienone is 1. The molecular weight excluding hydrogens is 250 g/mol. The van der Waals surface area contributed by atoms with Crippen LogP contribution in [0.3, 0.4) is 0 Å². The number of benzene rings is 1. The number of hydrogen-bond donors (Lipinski definition) is 2. The number of hydrogen-bond acceptors (Lipinski definition) is 4. The van der Waals surface area contributed by atoms with Gasteiger partial charge in [-0.05, 0) is 30.3 Å². The largest absolute Gasteiger partial charge is 0.487 e. The zero-order valence-corrected chi connectivity index (χ0v) is 10.6. The summed E-state index contributed by atoms with van der Waals surface area (Å²) in [5.41, 5.74) is 5.51. The third kappa shape index (κ3) is 2.38. The van der Waals surface area contributed by atoms with E-state index in [1.54, 1.807) is 0 Å². The number of ether oxygens (including phenoxy) is 1. The van der Waals surface area contributed by atoms with Crippen LogP contribution in [-0.2, 0) is 0 Å². The van der Waals surface area contributed by atoms with Gasteiger partial charge in [0.05, 0.1) is 17.9 Å². The standard InChI is InChI=1S/C13H14ClN3O/c14-10-1-3-13(4-2-10)18-9-11-7-12-8-15-5-6-17(12)16-11/h1-4,7-8,15-16H,5-6,9H2. The second-order valence-corrected chi connectivity index (χ2v) is 4.64. The van der Waals surface area contributed by atoms with Crippen LogP contribution in [0.2, 0.25) is 5.02 Å². The minimum atomic E-state index is 0.523. The van der Waals surface area contributed by atoms with Gasteiger partial charge in [0.25, 0.3) is 0 Å². The van der Waals surface area contributed by atoms with Crippen LogP contribution in [-0.4, -0.2) is 24.7 Å². The molecule has 2 aliphatic rings. The normalized spacial score (nSPS) is 17.3. The molecule has 2 aliphatic heterocycles. The van der Waals surface area contributed by atoms with Crippen molar-refractivity contribution in [1.29, 1.82) is 0 Å².